The molecule has 0 saturated carbocycles. The quantitative estimate of drug-likeness (QED) is 0.855. The Balaban J connectivity index is 1.65. The minimum Gasteiger partial charge on any atom is -0.331 e. The van der Waals surface area contributed by atoms with Crippen molar-refractivity contribution in [3.8, 4) is 0 Å². The molecule has 0 aliphatic carbocycles. The summed E-state index contributed by atoms with van der Waals surface area (Å²) in [5.74, 6) is -0.596. The van der Waals surface area contributed by atoms with E-state index in [1.54, 1.807) is 18.2 Å². The maximum atomic E-state index is 13.7. The summed E-state index contributed by atoms with van der Waals surface area (Å²) in [5, 5.41) is 2.44. The Kier molecular flexibility index (Phi) is 4.85. The molecule has 3 amide bonds. The van der Waals surface area contributed by atoms with Gasteiger partial charge in [-0.3, -0.25) is 9.69 Å². The summed E-state index contributed by atoms with van der Waals surface area (Å²) in [6.45, 7) is 1.86. The van der Waals surface area contributed by atoms with E-state index in [1.165, 1.54) is 17.8 Å². The second-order valence-corrected chi connectivity index (χ2v) is 6.77. The van der Waals surface area contributed by atoms with Gasteiger partial charge in [0.05, 0.1) is 12.5 Å². The minimum atomic E-state index is -0.448. The third-order valence-corrected chi connectivity index (χ3v) is 5.10. The van der Waals surface area contributed by atoms with E-state index in [9.17, 15) is 14.0 Å². The molecule has 1 heterocycles. The number of rotatable bonds is 4. The fourth-order valence-electron chi connectivity index (χ4n) is 2.49. The molecule has 2 aromatic carbocycles. The van der Waals surface area contributed by atoms with Gasteiger partial charge in [-0.25, -0.2) is 9.18 Å². The van der Waals surface area contributed by atoms with E-state index in [1.807, 2.05) is 37.3 Å². The SMILES string of the molecule is C[C@@H](NC(=O)N1C(=O)C[C@@H]1Sc1ccccc1F)c1ccccc1. The molecule has 6 heteroatoms. The molecule has 0 unspecified atom stereocenters. The number of nitrogens with one attached hydrogen (secondary N) is 1. The molecule has 4 nitrogen and oxygen atoms in total. The average Bonchev–Trinajstić information content (AvgIpc) is 2.56. The third-order valence-electron chi connectivity index (χ3n) is 3.86. The zero-order chi connectivity index (χ0) is 17.1. The molecular formula is C18H17FN2O2S. The lowest BCUT2D eigenvalue weighted by atomic mass is 10.1. The normalized spacial score (nSPS) is 18.0. The minimum absolute atomic E-state index is 0.216. The molecule has 1 aliphatic rings. The molecule has 3 rings (SSSR count). The van der Waals surface area contributed by atoms with Crippen LogP contribution < -0.4 is 5.32 Å². The number of urea groups is 1. The van der Waals surface area contributed by atoms with Gasteiger partial charge in [0.1, 0.15) is 11.2 Å². The predicted octanol–water partition coefficient (Wildman–Crippen LogP) is 3.95. The largest absolute Gasteiger partial charge is 0.331 e. The number of imide groups is 1. The molecule has 1 N–H and O–H groups in total. The van der Waals surface area contributed by atoms with Crippen molar-refractivity contribution >= 4 is 23.7 Å². The molecule has 2 aromatic rings. The Morgan fingerprint density at radius 2 is 1.88 bits per heavy atom. The molecule has 1 fully saturated rings. The molecule has 2 atom stereocenters. The highest BCUT2D eigenvalue weighted by Gasteiger charge is 2.42. The number of halogens is 1. The van der Waals surface area contributed by atoms with Crippen LogP contribution in [0.15, 0.2) is 59.5 Å². The second kappa shape index (κ2) is 7.05. The Hall–Kier alpha value is -2.34. The molecule has 1 aliphatic heterocycles. The van der Waals surface area contributed by atoms with Gasteiger partial charge in [0, 0.05) is 4.90 Å². The summed E-state index contributed by atoms with van der Waals surface area (Å²) >= 11 is 1.19. The van der Waals surface area contributed by atoms with Crippen LogP contribution in [0, 0.1) is 5.82 Å². The smallest absolute Gasteiger partial charge is 0.325 e. The van der Waals surface area contributed by atoms with Gasteiger partial charge in [-0.1, -0.05) is 54.2 Å². The van der Waals surface area contributed by atoms with Crippen LogP contribution in [0.2, 0.25) is 0 Å². The summed E-state index contributed by atoms with van der Waals surface area (Å²) in [5.41, 5.74) is 0.956. The molecule has 0 radical (unpaired) electrons. The molecule has 24 heavy (non-hydrogen) atoms. The molecule has 0 bridgehead atoms. The fraction of sp³-hybridized carbons (Fsp3) is 0.222. The zero-order valence-electron chi connectivity index (χ0n) is 13.1. The number of β-lactam (4-membered cyclic amide) rings is 1. The summed E-state index contributed by atoms with van der Waals surface area (Å²) in [6.07, 6.45) is 0.228. The lowest BCUT2D eigenvalue weighted by Crippen LogP contribution is -2.57. The van der Waals surface area contributed by atoms with E-state index >= 15 is 0 Å². The summed E-state index contributed by atoms with van der Waals surface area (Å²) in [6, 6.07) is 15.2. The summed E-state index contributed by atoms with van der Waals surface area (Å²) < 4.78 is 13.7. The number of carbonyl (C=O) groups is 2. The standard InChI is InChI=1S/C18H17FN2O2S/c1-12(13-7-3-2-4-8-13)20-18(23)21-16(22)11-17(21)24-15-10-6-5-9-14(15)19/h2-10,12,17H,11H2,1H3,(H,20,23)/t12-,17+/m1/s1. The molecule has 0 aromatic heterocycles. The van der Waals surface area contributed by atoms with E-state index < -0.39 is 6.03 Å². The lowest BCUT2D eigenvalue weighted by Gasteiger charge is -2.38. The number of nitrogens with zero attached hydrogens (tertiary/aromatic N) is 1. The molecule has 0 spiro atoms. The first-order valence-electron chi connectivity index (χ1n) is 7.65. The zero-order valence-corrected chi connectivity index (χ0v) is 13.9. The van der Waals surface area contributed by atoms with Crippen LogP contribution in [0.3, 0.4) is 0 Å². The van der Waals surface area contributed by atoms with E-state index in [2.05, 4.69) is 5.32 Å². The van der Waals surface area contributed by atoms with Gasteiger partial charge >= 0.3 is 6.03 Å². The topological polar surface area (TPSA) is 49.4 Å². The number of hydrogen-bond donors (Lipinski definition) is 1. The molecule has 124 valence electrons. The van der Waals surface area contributed by atoms with E-state index in [0.29, 0.717) is 4.90 Å². The van der Waals surface area contributed by atoms with Gasteiger partial charge in [0.15, 0.2) is 0 Å². The van der Waals surface area contributed by atoms with Crippen LogP contribution >= 0.6 is 11.8 Å². The summed E-state index contributed by atoms with van der Waals surface area (Å²) in [7, 11) is 0. The van der Waals surface area contributed by atoms with E-state index in [4.69, 9.17) is 0 Å². The lowest BCUT2D eigenvalue weighted by molar-refractivity contribution is -0.137. The van der Waals surface area contributed by atoms with Gasteiger partial charge in [-0.05, 0) is 24.6 Å². The predicted molar refractivity (Wildman–Crippen MR) is 90.9 cm³/mol. The van der Waals surface area contributed by atoms with Gasteiger partial charge < -0.3 is 5.32 Å². The van der Waals surface area contributed by atoms with E-state index in [0.717, 1.165) is 10.5 Å². The monoisotopic (exact) mass is 344 g/mol. The highest BCUT2D eigenvalue weighted by molar-refractivity contribution is 8.00. The highest BCUT2D eigenvalue weighted by atomic mass is 32.2. The van der Waals surface area contributed by atoms with Gasteiger partial charge in [-0.15, -0.1) is 0 Å². The van der Waals surface area contributed by atoms with Crippen molar-refractivity contribution in [3.05, 3.63) is 66.0 Å². The Morgan fingerprint density at radius 3 is 2.54 bits per heavy atom. The van der Waals surface area contributed by atoms with Crippen LogP contribution in [0.1, 0.15) is 24.9 Å². The van der Waals surface area contributed by atoms with Crippen LogP contribution in [-0.4, -0.2) is 22.2 Å². The summed E-state index contributed by atoms with van der Waals surface area (Å²) in [4.78, 5) is 25.8. The first-order valence-corrected chi connectivity index (χ1v) is 8.53. The van der Waals surface area contributed by atoms with Gasteiger partial charge in [0.25, 0.3) is 0 Å². The number of benzene rings is 2. The van der Waals surface area contributed by atoms with Crippen molar-refractivity contribution < 1.29 is 14.0 Å². The maximum absolute atomic E-state index is 13.7. The third kappa shape index (κ3) is 3.43. The first kappa shape index (κ1) is 16.5. The van der Waals surface area contributed by atoms with Gasteiger partial charge in [-0.2, -0.15) is 0 Å². The average molecular weight is 344 g/mol. The van der Waals surface area contributed by atoms with Crippen molar-refractivity contribution in [2.24, 2.45) is 0 Å². The van der Waals surface area contributed by atoms with Crippen molar-refractivity contribution in [1.82, 2.24) is 10.2 Å². The van der Waals surface area contributed by atoms with Crippen molar-refractivity contribution in [2.45, 2.75) is 29.7 Å². The Bertz CT molecular complexity index is 754. The van der Waals surface area contributed by atoms with Gasteiger partial charge in [0.2, 0.25) is 5.91 Å². The van der Waals surface area contributed by atoms with Crippen LogP contribution in [-0.2, 0) is 4.79 Å². The van der Waals surface area contributed by atoms with Crippen LogP contribution in [0.4, 0.5) is 9.18 Å². The first-order chi connectivity index (χ1) is 11.6. The number of thioether (sulfide) groups is 1. The van der Waals surface area contributed by atoms with E-state index in [-0.39, 0.29) is 29.6 Å². The highest BCUT2D eigenvalue weighted by Crippen LogP contribution is 2.36. The fourth-order valence-corrected chi connectivity index (χ4v) is 3.67. The Labute approximate surface area is 144 Å². The molecule has 1 saturated heterocycles. The number of carbonyl (C=O) groups excluding carboxylic acids is 2. The number of hydrogen-bond acceptors (Lipinski definition) is 3. The van der Waals surface area contributed by atoms with Crippen molar-refractivity contribution in [2.75, 3.05) is 0 Å². The van der Waals surface area contributed by atoms with Crippen LogP contribution in [0.25, 0.3) is 0 Å². The van der Waals surface area contributed by atoms with Crippen molar-refractivity contribution in [1.29, 1.82) is 0 Å². The second-order valence-electron chi connectivity index (χ2n) is 5.55. The van der Waals surface area contributed by atoms with Crippen LogP contribution in [0.5, 0.6) is 0 Å². The maximum Gasteiger partial charge on any atom is 0.325 e. The molecular weight excluding hydrogens is 327 g/mol. The Morgan fingerprint density at radius 1 is 1.21 bits per heavy atom. The van der Waals surface area contributed by atoms with Crippen molar-refractivity contribution in [3.63, 3.8) is 0 Å². The number of amides is 3. The number of likely N-dealkylation sites (tertiary alicyclic amines) is 1.